The normalized spacial score (nSPS) is 15.7. The van der Waals surface area contributed by atoms with Gasteiger partial charge in [-0.25, -0.2) is 0 Å². The number of rotatable bonds is 5. The van der Waals surface area contributed by atoms with E-state index in [1.54, 1.807) is 4.68 Å². The second kappa shape index (κ2) is 6.10. The van der Waals surface area contributed by atoms with Gasteiger partial charge in [-0.2, -0.15) is 5.10 Å². The van der Waals surface area contributed by atoms with E-state index in [0.29, 0.717) is 24.2 Å². The number of carbonyl (C=O) groups is 1. The van der Waals surface area contributed by atoms with Crippen LogP contribution in [0.1, 0.15) is 54.4 Å². The number of aryl methyl sites for hydroxylation is 1. The molecule has 1 amide bonds. The van der Waals surface area contributed by atoms with E-state index in [2.05, 4.69) is 18.9 Å². The summed E-state index contributed by atoms with van der Waals surface area (Å²) in [5.74, 6) is 1.86. The molecule has 4 rings (SSSR count). The standard InChI is InChI=1S/C19H23N3O3/c1-12(2)15-9-16(21(3)20-15)19(23)22(14-5-6-14)10-13-4-7-17-18(8-13)25-11-24-17/h4,7-9,12,14H,5-6,10-11H2,1-3H3. The van der Waals surface area contributed by atoms with Gasteiger partial charge in [0.15, 0.2) is 11.5 Å². The number of hydrogen-bond donors (Lipinski definition) is 0. The molecule has 132 valence electrons. The Bertz CT molecular complexity index is 808. The number of nitrogens with zero attached hydrogens (tertiary/aromatic N) is 3. The van der Waals surface area contributed by atoms with E-state index in [1.165, 1.54) is 0 Å². The van der Waals surface area contributed by atoms with Gasteiger partial charge < -0.3 is 14.4 Å². The molecule has 1 aromatic heterocycles. The molecule has 0 N–H and O–H groups in total. The number of amides is 1. The second-order valence-electron chi connectivity index (χ2n) is 7.08. The maximum atomic E-state index is 13.1. The van der Waals surface area contributed by atoms with Crippen LogP contribution >= 0.6 is 0 Å². The predicted octanol–water partition coefficient (Wildman–Crippen LogP) is 3.08. The molecule has 25 heavy (non-hydrogen) atoms. The highest BCUT2D eigenvalue weighted by Gasteiger charge is 2.34. The Morgan fingerprint density at radius 3 is 2.72 bits per heavy atom. The molecule has 1 aromatic carbocycles. The molecule has 2 heterocycles. The molecule has 1 aliphatic carbocycles. The lowest BCUT2D eigenvalue weighted by Gasteiger charge is -2.22. The fourth-order valence-corrected chi connectivity index (χ4v) is 3.11. The maximum Gasteiger partial charge on any atom is 0.272 e. The summed E-state index contributed by atoms with van der Waals surface area (Å²) in [6, 6.07) is 8.11. The fourth-order valence-electron chi connectivity index (χ4n) is 3.11. The van der Waals surface area contributed by atoms with Crippen molar-refractivity contribution in [1.82, 2.24) is 14.7 Å². The van der Waals surface area contributed by atoms with Gasteiger partial charge >= 0.3 is 0 Å². The molecule has 0 radical (unpaired) electrons. The highest BCUT2D eigenvalue weighted by molar-refractivity contribution is 5.93. The molecule has 0 spiro atoms. The zero-order valence-electron chi connectivity index (χ0n) is 14.9. The van der Waals surface area contributed by atoms with E-state index in [9.17, 15) is 4.79 Å². The minimum atomic E-state index is 0.0436. The number of ether oxygens (including phenoxy) is 2. The highest BCUT2D eigenvalue weighted by Crippen LogP contribution is 2.35. The minimum absolute atomic E-state index is 0.0436. The van der Waals surface area contributed by atoms with Crippen LogP contribution in [0.3, 0.4) is 0 Å². The van der Waals surface area contributed by atoms with Crippen LogP contribution in [0.25, 0.3) is 0 Å². The van der Waals surface area contributed by atoms with Crippen LogP contribution in [-0.2, 0) is 13.6 Å². The molecule has 2 aliphatic rings. The van der Waals surface area contributed by atoms with Gasteiger partial charge in [-0.05, 0) is 42.5 Å². The van der Waals surface area contributed by atoms with Crippen molar-refractivity contribution in [3.05, 3.63) is 41.2 Å². The lowest BCUT2D eigenvalue weighted by molar-refractivity contribution is 0.0718. The number of aromatic nitrogens is 2. The number of fused-ring (bicyclic) bond motifs is 1. The van der Waals surface area contributed by atoms with Crippen molar-refractivity contribution >= 4 is 5.91 Å². The van der Waals surface area contributed by atoms with Gasteiger partial charge in [0.1, 0.15) is 5.69 Å². The van der Waals surface area contributed by atoms with Gasteiger partial charge in [0.05, 0.1) is 5.69 Å². The van der Waals surface area contributed by atoms with Crippen LogP contribution < -0.4 is 9.47 Å². The summed E-state index contributed by atoms with van der Waals surface area (Å²) in [6.45, 7) is 5.00. The Labute approximate surface area is 147 Å². The summed E-state index contributed by atoms with van der Waals surface area (Å²) in [5, 5.41) is 4.48. The molecule has 0 atom stereocenters. The molecule has 0 saturated heterocycles. The highest BCUT2D eigenvalue weighted by atomic mass is 16.7. The molecule has 0 unspecified atom stereocenters. The minimum Gasteiger partial charge on any atom is -0.454 e. The first-order valence-electron chi connectivity index (χ1n) is 8.76. The third-order valence-corrected chi connectivity index (χ3v) is 4.75. The zero-order valence-corrected chi connectivity index (χ0v) is 14.9. The van der Waals surface area contributed by atoms with Crippen molar-refractivity contribution < 1.29 is 14.3 Å². The quantitative estimate of drug-likeness (QED) is 0.839. The molecule has 2 aromatic rings. The summed E-state index contributed by atoms with van der Waals surface area (Å²) in [5.41, 5.74) is 2.65. The summed E-state index contributed by atoms with van der Waals surface area (Å²) in [4.78, 5) is 15.1. The Morgan fingerprint density at radius 1 is 1.28 bits per heavy atom. The first kappa shape index (κ1) is 16.0. The van der Waals surface area contributed by atoms with Crippen molar-refractivity contribution in [2.45, 2.75) is 45.2 Å². The Hall–Kier alpha value is -2.50. The summed E-state index contributed by atoms with van der Waals surface area (Å²) >= 11 is 0. The second-order valence-corrected chi connectivity index (χ2v) is 7.08. The number of carbonyl (C=O) groups excluding carboxylic acids is 1. The van der Waals surface area contributed by atoms with Crippen molar-refractivity contribution in [2.75, 3.05) is 6.79 Å². The van der Waals surface area contributed by atoms with Crippen molar-refractivity contribution in [3.8, 4) is 11.5 Å². The number of hydrogen-bond acceptors (Lipinski definition) is 4. The van der Waals surface area contributed by atoms with Crippen LogP contribution in [0, 0.1) is 0 Å². The maximum absolute atomic E-state index is 13.1. The molecule has 1 aliphatic heterocycles. The molecule has 1 saturated carbocycles. The number of benzene rings is 1. The van der Waals surface area contributed by atoms with Crippen LogP contribution in [0.5, 0.6) is 11.5 Å². The van der Waals surface area contributed by atoms with E-state index in [1.807, 2.05) is 36.2 Å². The average Bonchev–Trinajstić information content (AvgIpc) is 3.18. The Kier molecular flexibility index (Phi) is 3.90. The predicted molar refractivity (Wildman–Crippen MR) is 92.8 cm³/mol. The van der Waals surface area contributed by atoms with Gasteiger partial charge in [-0.15, -0.1) is 0 Å². The lowest BCUT2D eigenvalue weighted by Crippen LogP contribution is -2.33. The Balaban J connectivity index is 1.58. The summed E-state index contributed by atoms with van der Waals surface area (Å²) in [6.07, 6.45) is 2.12. The molecule has 0 bridgehead atoms. The third-order valence-electron chi connectivity index (χ3n) is 4.75. The topological polar surface area (TPSA) is 56.6 Å². The fraction of sp³-hybridized carbons (Fsp3) is 0.474. The molecule has 6 nitrogen and oxygen atoms in total. The lowest BCUT2D eigenvalue weighted by atomic mass is 10.1. The van der Waals surface area contributed by atoms with Gasteiger partial charge in [-0.1, -0.05) is 19.9 Å². The van der Waals surface area contributed by atoms with E-state index in [0.717, 1.165) is 35.6 Å². The van der Waals surface area contributed by atoms with Crippen LogP contribution in [0.2, 0.25) is 0 Å². The smallest absolute Gasteiger partial charge is 0.272 e. The first-order valence-corrected chi connectivity index (χ1v) is 8.76. The monoisotopic (exact) mass is 341 g/mol. The van der Waals surface area contributed by atoms with Crippen molar-refractivity contribution in [3.63, 3.8) is 0 Å². The third kappa shape index (κ3) is 3.08. The SMILES string of the molecule is CC(C)c1cc(C(=O)N(Cc2ccc3c(c2)OCO3)C2CC2)n(C)n1. The Morgan fingerprint density at radius 2 is 2.04 bits per heavy atom. The molecular formula is C19H23N3O3. The van der Waals surface area contributed by atoms with E-state index < -0.39 is 0 Å². The van der Waals surface area contributed by atoms with E-state index in [4.69, 9.17) is 9.47 Å². The van der Waals surface area contributed by atoms with Crippen molar-refractivity contribution in [1.29, 1.82) is 0 Å². The summed E-state index contributed by atoms with van der Waals surface area (Å²) < 4.78 is 12.5. The van der Waals surface area contributed by atoms with Crippen LogP contribution in [-0.4, -0.2) is 33.4 Å². The van der Waals surface area contributed by atoms with Crippen LogP contribution in [0.4, 0.5) is 0 Å². The van der Waals surface area contributed by atoms with Gasteiger partial charge in [-0.3, -0.25) is 9.48 Å². The zero-order chi connectivity index (χ0) is 17.6. The average molecular weight is 341 g/mol. The van der Waals surface area contributed by atoms with Crippen LogP contribution in [0.15, 0.2) is 24.3 Å². The first-order chi connectivity index (χ1) is 12.0. The van der Waals surface area contributed by atoms with E-state index >= 15 is 0 Å². The summed E-state index contributed by atoms with van der Waals surface area (Å²) in [7, 11) is 1.84. The van der Waals surface area contributed by atoms with Gasteiger partial charge in [0, 0.05) is 19.6 Å². The van der Waals surface area contributed by atoms with Crippen molar-refractivity contribution in [2.24, 2.45) is 7.05 Å². The van der Waals surface area contributed by atoms with E-state index in [-0.39, 0.29) is 12.7 Å². The van der Waals surface area contributed by atoms with Gasteiger partial charge in [0.2, 0.25) is 6.79 Å². The molecule has 1 fully saturated rings. The molecule has 6 heteroatoms. The molecular weight excluding hydrogens is 318 g/mol. The van der Waals surface area contributed by atoms with Gasteiger partial charge in [0.25, 0.3) is 5.91 Å². The largest absolute Gasteiger partial charge is 0.454 e.